The number of imide groups is 1. The minimum absolute atomic E-state index is 0.0238. The Morgan fingerprint density at radius 3 is 2.48 bits per heavy atom. The number of amides is 3. The lowest BCUT2D eigenvalue weighted by molar-refractivity contribution is -0.149. The molecule has 1 aromatic rings. The Bertz CT molecular complexity index is 555. The highest BCUT2D eigenvalue weighted by molar-refractivity contribution is 6.41. The second-order valence-electron chi connectivity index (χ2n) is 4.68. The Hall–Kier alpha value is -2.21. The van der Waals surface area contributed by atoms with Crippen molar-refractivity contribution in [3.05, 3.63) is 29.3 Å². The normalized spacial score (nSPS) is 10.1. The molecular formula is C15H21N3O3. The minimum atomic E-state index is -0.891. The molecule has 0 bridgehead atoms. The van der Waals surface area contributed by atoms with Crippen LogP contribution >= 0.6 is 0 Å². The van der Waals surface area contributed by atoms with Gasteiger partial charge in [0, 0.05) is 25.7 Å². The van der Waals surface area contributed by atoms with Crippen LogP contribution in [-0.2, 0) is 20.8 Å². The van der Waals surface area contributed by atoms with Gasteiger partial charge in [0.05, 0.1) is 0 Å². The second-order valence-corrected chi connectivity index (χ2v) is 4.68. The van der Waals surface area contributed by atoms with Crippen LogP contribution in [-0.4, -0.2) is 35.7 Å². The number of carbonyl (C=O) groups is 3. The van der Waals surface area contributed by atoms with E-state index in [1.54, 1.807) is 0 Å². The number of hydrogen-bond donors (Lipinski definition) is 2. The second kappa shape index (κ2) is 7.54. The molecule has 6 nitrogen and oxygen atoms in total. The van der Waals surface area contributed by atoms with E-state index in [2.05, 4.69) is 5.32 Å². The third-order valence-electron chi connectivity index (χ3n) is 3.15. The van der Waals surface area contributed by atoms with Crippen molar-refractivity contribution in [3.63, 3.8) is 0 Å². The number of benzene rings is 1. The predicted molar refractivity (Wildman–Crippen MR) is 80.6 cm³/mol. The summed E-state index contributed by atoms with van der Waals surface area (Å²) in [7, 11) is 0. The monoisotopic (exact) mass is 291 g/mol. The number of nitrogens with two attached hydrogens (primary N) is 1. The Morgan fingerprint density at radius 2 is 1.95 bits per heavy atom. The lowest BCUT2D eigenvalue weighted by Gasteiger charge is -2.18. The van der Waals surface area contributed by atoms with Gasteiger partial charge in [-0.25, -0.2) is 0 Å². The number of carbonyl (C=O) groups excluding carboxylic acids is 3. The topological polar surface area (TPSA) is 92.5 Å². The summed E-state index contributed by atoms with van der Waals surface area (Å²) in [6.45, 7) is 5.18. The summed E-state index contributed by atoms with van der Waals surface area (Å²) in [5, 5.41) is 2.60. The molecule has 1 aromatic carbocycles. The summed E-state index contributed by atoms with van der Waals surface area (Å²) in [5.41, 5.74) is 7.77. The number of hydrogen-bond acceptors (Lipinski definition) is 4. The maximum Gasteiger partial charge on any atom is 0.318 e. The van der Waals surface area contributed by atoms with E-state index in [0.29, 0.717) is 5.69 Å². The van der Waals surface area contributed by atoms with E-state index in [-0.39, 0.29) is 13.1 Å². The van der Waals surface area contributed by atoms with E-state index >= 15 is 0 Å². The van der Waals surface area contributed by atoms with Gasteiger partial charge in [0.2, 0.25) is 5.91 Å². The lowest BCUT2D eigenvalue weighted by Crippen LogP contribution is -2.44. The van der Waals surface area contributed by atoms with Crippen molar-refractivity contribution in [2.45, 2.75) is 27.2 Å². The van der Waals surface area contributed by atoms with Crippen LogP contribution in [0.4, 0.5) is 5.69 Å². The van der Waals surface area contributed by atoms with E-state index in [0.717, 1.165) is 22.4 Å². The van der Waals surface area contributed by atoms with Crippen LogP contribution in [0, 0.1) is 6.92 Å². The smallest absolute Gasteiger partial charge is 0.318 e. The molecular weight excluding hydrogens is 270 g/mol. The molecule has 0 aliphatic carbocycles. The Morgan fingerprint density at radius 1 is 1.29 bits per heavy atom. The maximum atomic E-state index is 12.1. The highest BCUT2D eigenvalue weighted by atomic mass is 16.2. The number of nitrogens with zero attached hydrogens (tertiary/aromatic N) is 1. The molecule has 6 heteroatoms. The van der Waals surface area contributed by atoms with Gasteiger partial charge in [-0.05, 0) is 24.5 Å². The summed E-state index contributed by atoms with van der Waals surface area (Å²) in [4.78, 5) is 36.3. The molecule has 0 fully saturated rings. The van der Waals surface area contributed by atoms with Gasteiger partial charge in [0.25, 0.3) is 0 Å². The Labute approximate surface area is 124 Å². The van der Waals surface area contributed by atoms with Gasteiger partial charge in [-0.3, -0.25) is 19.3 Å². The predicted octanol–water partition coefficient (Wildman–Crippen LogP) is 0.830. The molecule has 21 heavy (non-hydrogen) atoms. The number of anilines is 1. The molecule has 3 amide bonds. The number of aryl methyl sites for hydroxylation is 2. The van der Waals surface area contributed by atoms with E-state index in [9.17, 15) is 14.4 Å². The standard InChI is InChI=1S/C15H21N3O3/c1-4-12-7-5-6-10(2)13(12)17-14(20)15(21)18(9-8-16)11(3)19/h5-7H,4,8-9,16H2,1-3H3,(H,17,20). The van der Waals surface area contributed by atoms with Crippen LogP contribution < -0.4 is 11.1 Å². The molecule has 3 N–H and O–H groups in total. The number of rotatable bonds is 4. The fraction of sp³-hybridized carbons (Fsp3) is 0.400. The van der Waals surface area contributed by atoms with Crippen LogP contribution in [0.3, 0.4) is 0 Å². The van der Waals surface area contributed by atoms with Crippen molar-refractivity contribution < 1.29 is 14.4 Å². The summed E-state index contributed by atoms with van der Waals surface area (Å²) in [6.07, 6.45) is 0.727. The summed E-state index contributed by atoms with van der Waals surface area (Å²) >= 11 is 0. The molecule has 0 unspecified atom stereocenters. The molecule has 0 heterocycles. The third kappa shape index (κ3) is 4.13. The van der Waals surface area contributed by atoms with Crippen LogP contribution in [0.5, 0.6) is 0 Å². The molecule has 0 saturated heterocycles. The molecule has 0 spiro atoms. The lowest BCUT2D eigenvalue weighted by atomic mass is 10.1. The number of para-hydroxylation sites is 1. The molecule has 114 valence electrons. The van der Waals surface area contributed by atoms with Gasteiger partial charge in [0.15, 0.2) is 0 Å². The van der Waals surface area contributed by atoms with Gasteiger partial charge in [-0.1, -0.05) is 25.1 Å². The largest absolute Gasteiger partial charge is 0.329 e. The van der Waals surface area contributed by atoms with Crippen LogP contribution in [0.15, 0.2) is 18.2 Å². The Kier molecular flexibility index (Phi) is 6.05. The van der Waals surface area contributed by atoms with Crippen molar-refractivity contribution in [1.29, 1.82) is 0 Å². The van der Waals surface area contributed by atoms with E-state index < -0.39 is 17.7 Å². The zero-order valence-corrected chi connectivity index (χ0v) is 12.6. The fourth-order valence-electron chi connectivity index (χ4n) is 2.02. The van der Waals surface area contributed by atoms with Crippen molar-refractivity contribution in [3.8, 4) is 0 Å². The molecule has 0 aliphatic rings. The number of nitrogens with one attached hydrogen (secondary N) is 1. The molecule has 1 rings (SSSR count). The average Bonchev–Trinajstić information content (AvgIpc) is 2.45. The fourth-order valence-corrected chi connectivity index (χ4v) is 2.02. The van der Waals surface area contributed by atoms with Gasteiger partial charge in [0.1, 0.15) is 0 Å². The molecule has 0 saturated carbocycles. The summed E-state index contributed by atoms with van der Waals surface area (Å²) in [5.74, 6) is -2.22. The first-order valence-electron chi connectivity index (χ1n) is 6.84. The van der Waals surface area contributed by atoms with Gasteiger partial charge in [-0.2, -0.15) is 0 Å². The first kappa shape index (κ1) is 16.8. The SMILES string of the molecule is CCc1cccc(C)c1NC(=O)C(=O)N(CCN)C(C)=O. The molecule has 0 radical (unpaired) electrons. The van der Waals surface area contributed by atoms with Crippen LogP contribution in [0.1, 0.15) is 25.0 Å². The summed E-state index contributed by atoms with van der Waals surface area (Å²) < 4.78 is 0. The van der Waals surface area contributed by atoms with Gasteiger partial charge < -0.3 is 11.1 Å². The Balaban J connectivity index is 2.95. The highest BCUT2D eigenvalue weighted by Crippen LogP contribution is 2.21. The van der Waals surface area contributed by atoms with Gasteiger partial charge in [-0.15, -0.1) is 0 Å². The summed E-state index contributed by atoms with van der Waals surface area (Å²) in [6, 6.07) is 5.62. The quantitative estimate of drug-likeness (QED) is 0.804. The zero-order valence-electron chi connectivity index (χ0n) is 12.6. The highest BCUT2D eigenvalue weighted by Gasteiger charge is 2.25. The third-order valence-corrected chi connectivity index (χ3v) is 3.15. The van der Waals surface area contributed by atoms with Crippen molar-refractivity contribution in [1.82, 2.24) is 4.90 Å². The van der Waals surface area contributed by atoms with E-state index in [1.807, 2.05) is 32.0 Å². The van der Waals surface area contributed by atoms with Crippen molar-refractivity contribution >= 4 is 23.4 Å². The van der Waals surface area contributed by atoms with Crippen molar-refractivity contribution in [2.24, 2.45) is 5.73 Å². The maximum absolute atomic E-state index is 12.1. The average molecular weight is 291 g/mol. The molecule has 0 atom stereocenters. The first-order valence-corrected chi connectivity index (χ1v) is 6.84. The first-order chi connectivity index (χ1) is 9.92. The zero-order chi connectivity index (χ0) is 16.0. The van der Waals surface area contributed by atoms with E-state index in [1.165, 1.54) is 6.92 Å². The van der Waals surface area contributed by atoms with Crippen molar-refractivity contribution in [2.75, 3.05) is 18.4 Å². The van der Waals surface area contributed by atoms with Gasteiger partial charge >= 0.3 is 11.8 Å². The van der Waals surface area contributed by atoms with Crippen LogP contribution in [0.25, 0.3) is 0 Å². The van der Waals surface area contributed by atoms with E-state index in [4.69, 9.17) is 5.73 Å². The van der Waals surface area contributed by atoms with Crippen LogP contribution in [0.2, 0.25) is 0 Å². The molecule has 0 aliphatic heterocycles. The molecule has 0 aromatic heterocycles. The minimum Gasteiger partial charge on any atom is -0.329 e.